The minimum absolute atomic E-state index is 0.0985. The number of thioether (sulfide) groups is 1. The normalized spacial score (nSPS) is 16.9. The van der Waals surface area contributed by atoms with Crippen molar-refractivity contribution in [1.29, 1.82) is 0 Å². The van der Waals surface area contributed by atoms with Gasteiger partial charge in [0.25, 0.3) is 0 Å². The molecule has 1 rings (SSSR count). The van der Waals surface area contributed by atoms with Crippen molar-refractivity contribution in [3.63, 3.8) is 0 Å². The Labute approximate surface area is 100 Å². The minimum atomic E-state index is -0.152. The highest BCUT2D eigenvalue weighted by Gasteiger charge is 2.44. The van der Waals surface area contributed by atoms with Crippen molar-refractivity contribution in [2.75, 3.05) is 32.3 Å². The molecule has 4 nitrogen and oxygen atoms in total. The second kappa shape index (κ2) is 6.25. The van der Waals surface area contributed by atoms with E-state index in [1.54, 1.807) is 11.8 Å². The van der Waals surface area contributed by atoms with Gasteiger partial charge in [-0.3, -0.25) is 9.59 Å². The van der Waals surface area contributed by atoms with E-state index in [1.807, 2.05) is 0 Å². The Hall–Kier alpha value is -0.550. The first-order valence-electron chi connectivity index (χ1n) is 5.27. The van der Waals surface area contributed by atoms with Crippen LogP contribution in [0.2, 0.25) is 0 Å². The van der Waals surface area contributed by atoms with Crippen molar-refractivity contribution in [3.8, 4) is 0 Å². The smallest absolute Gasteiger partial charge is 0.306 e. The highest BCUT2D eigenvalue weighted by molar-refractivity contribution is 8.00. The molecule has 16 heavy (non-hydrogen) atoms. The van der Waals surface area contributed by atoms with Gasteiger partial charge in [0, 0.05) is 7.11 Å². The molecule has 92 valence electrons. The fourth-order valence-corrected chi connectivity index (χ4v) is 2.75. The molecule has 1 saturated carbocycles. The highest BCUT2D eigenvalue weighted by atomic mass is 32.2. The van der Waals surface area contributed by atoms with E-state index in [4.69, 9.17) is 4.74 Å². The van der Waals surface area contributed by atoms with Crippen LogP contribution in [0.25, 0.3) is 0 Å². The number of Topliss-reactive ketones (excluding diaryl/α,β-unsaturated/α-hetero) is 1. The van der Waals surface area contributed by atoms with Gasteiger partial charge < -0.3 is 9.47 Å². The van der Waals surface area contributed by atoms with Gasteiger partial charge >= 0.3 is 5.97 Å². The van der Waals surface area contributed by atoms with Crippen molar-refractivity contribution in [1.82, 2.24) is 0 Å². The van der Waals surface area contributed by atoms with Gasteiger partial charge in [-0.15, -0.1) is 0 Å². The van der Waals surface area contributed by atoms with Crippen molar-refractivity contribution >= 4 is 23.5 Å². The zero-order chi connectivity index (χ0) is 12.0. The Bertz CT molecular complexity index is 261. The molecule has 0 radical (unpaired) electrons. The zero-order valence-corrected chi connectivity index (χ0v) is 10.6. The van der Waals surface area contributed by atoms with E-state index in [0.717, 1.165) is 18.6 Å². The summed E-state index contributed by atoms with van der Waals surface area (Å²) in [5, 5.41) is 0. The predicted octanol–water partition coefficient (Wildman–Crippen LogP) is 1.28. The van der Waals surface area contributed by atoms with E-state index in [2.05, 4.69) is 4.74 Å². The van der Waals surface area contributed by atoms with Crippen molar-refractivity contribution in [2.24, 2.45) is 5.41 Å². The Balaban J connectivity index is 2.17. The molecule has 5 heteroatoms. The van der Waals surface area contributed by atoms with Crippen LogP contribution in [-0.2, 0) is 19.1 Å². The quantitative estimate of drug-likeness (QED) is 0.604. The van der Waals surface area contributed by atoms with Crippen LogP contribution >= 0.6 is 11.8 Å². The number of hydrogen-bond acceptors (Lipinski definition) is 5. The van der Waals surface area contributed by atoms with Crippen LogP contribution < -0.4 is 0 Å². The molecule has 0 aromatic rings. The minimum Gasteiger partial charge on any atom is -0.469 e. The first-order chi connectivity index (χ1) is 7.62. The van der Waals surface area contributed by atoms with E-state index < -0.39 is 0 Å². The van der Waals surface area contributed by atoms with Gasteiger partial charge in [-0.05, 0) is 24.0 Å². The van der Waals surface area contributed by atoms with Gasteiger partial charge in [0.2, 0.25) is 0 Å². The van der Waals surface area contributed by atoms with Crippen LogP contribution in [0.5, 0.6) is 0 Å². The van der Waals surface area contributed by atoms with E-state index in [1.165, 1.54) is 14.2 Å². The summed E-state index contributed by atoms with van der Waals surface area (Å²) in [4.78, 5) is 22.3. The van der Waals surface area contributed by atoms with E-state index in [9.17, 15) is 9.59 Å². The lowest BCUT2D eigenvalue weighted by Gasteiger charge is -2.12. The Morgan fingerprint density at radius 1 is 1.31 bits per heavy atom. The number of carbonyl (C=O) groups is 2. The molecule has 0 unspecified atom stereocenters. The maximum absolute atomic E-state index is 11.2. The van der Waals surface area contributed by atoms with Gasteiger partial charge in [-0.1, -0.05) is 0 Å². The number of rotatable bonds is 8. The van der Waals surface area contributed by atoms with Crippen LogP contribution in [0.3, 0.4) is 0 Å². The molecule has 0 spiro atoms. The van der Waals surface area contributed by atoms with E-state index in [0.29, 0.717) is 12.2 Å². The van der Waals surface area contributed by atoms with Crippen molar-refractivity contribution in [2.45, 2.75) is 19.3 Å². The standard InChI is InChI=1S/C11H18O4S/c1-14-6-9(12)7-16-8-11(3-4-11)5-10(13)15-2/h3-8H2,1-2H3. The summed E-state index contributed by atoms with van der Waals surface area (Å²) in [6, 6.07) is 0. The third-order valence-corrected chi connectivity index (χ3v) is 4.02. The predicted molar refractivity (Wildman–Crippen MR) is 62.5 cm³/mol. The molecular weight excluding hydrogens is 228 g/mol. The lowest BCUT2D eigenvalue weighted by atomic mass is 10.1. The molecular formula is C11H18O4S. The van der Waals surface area contributed by atoms with Gasteiger partial charge in [0.1, 0.15) is 6.61 Å². The van der Waals surface area contributed by atoms with Crippen molar-refractivity contribution < 1.29 is 19.1 Å². The molecule has 0 atom stereocenters. The third kappa shape index (κ3) is 4.53. The SMILES string of the molecule is COCC(=O)CSCC1(CC(=O)OC)CC1. The number of esters is 1. The molecule has 0 aromatic carbocycles. The lowest BCUT2D eigenvalue weighted by Crippen LogP contribution is -2.15. The average molecular weight is 246 g/mol. The average Bonchev–Trinajstić information content (AvgIpc) is 2.98. The topological polar surface area (TPSA) is 52.6 Å². The molecule has 0 heterocycles. The molecule has 1 aliphatic rings. The second-order valence-corrected chi connectivity index (χ2v) is 5.20. The molecule has 0 bridgehead atoms. The third-order valence-electron chi connectivity index (χ3n) is 2.68. The summed E-state index contributed by atoms with van der Waals surface area (Å²) in [7, 11) is 2.93. The molecule has 0 N–H and O–H groups in total. The summed E-state index contributed by atoms with van der Waals surface area (Å²) >= 11 is 1.59. The first kappa shape index (κ1) is 13.5. The number of methoxy groups -OCH3 is 2. The summed E-state index contributed by atoms with van der Waals surface area (Å²) in [6.45, 7) is 0.178. The molecule has 0 amide bonds. The molecule has 1 fully saturated rings. The van der Waals surface area contributed by atoms with Gasteiger partial charge in [-0.2, -0.15) is 11.8 Å². The summed E-state index contributed by atoms with van der Waals surface area (Å²) in [5.41, 5.74) is 0.102. The summed E-state index contributed by atoms with van der Waals surface area (Å²) in [6.07, 6.45) is 2.61. The maximum Gasteiger partial charge on any atom is 0.306 e. The highest BCUT2D eigenvalue weighted by Crippen LogP contribution is 2.51. The lowest BCUT2D eigenvalue weighted by molar-refractivity contribution is -0.141. The van der Waals surface area contributed by atoms with Crippen LogP contribution in [0.15, 0.2) is 0 Å². The fraction of sp³-hybridized carbons (Fsp3) is 0.818. The van der Waals surface area contributed by atoms with Crippen LogP contribution in [0.4, 0.5) is 0 Å². The molecule has 1 aliphatic carbocycles. The first-order valence-corrected chi connectivity index (χ1v) is 6.42. The van der Waals surface area contributed by atoms with E-state index >= 15 is 0 Å². The number of hydrogen-bond donors (Lipinski definition) is 0. The van der Waals surface area contributed by atoms with Crippen molar-refractivity contribution in [3.05, 3.63) is 0 Å². The van der Waals surface area contributed by atoms with Gasteiger partial charge in [0.05, 0.1) is 19.3 Å². The second-order valence-electron chi connectivity index (χ2n) is 4.22. The van der Waals surface area contributed by atoms with Gasteiger partial charge in [-0.25, -0.2) is 0 Å². The monoisotopic (exact) mass is 246 g/mol. The number of ketones is 1. The largest absolute Gasteiger partial charge is 0.469 e. The van der Waals surface area contributed by atoms with Crippen LogP contribution in [-0.4, -0.2) is 44.1 Å². The Kier molecular flexibility index (Phi) is 5.28. The Morgan fingerprint density at radius 3 is 2.50 bits per heavy atom. The fourth-order valence-electron chi connectivity index (χ4n) is 1.51. The molecule has 0 saturated heterocycles. The molecule has 0 aliphatic heterocycles. The van der Waals surface area contributed by atoms with Crippen LogP contribution in [0, 0.1) is 5.41 Å². The van der Waals surface area contributed by atoms with Crippen LogP contribution in [0.1, 0.15) is 19.3 Å². The number of ether oxygens (including phenoxy) is 2. The van der Waals surface area contributed by atoms with Gasteiger partial charge in [0.15, 0.2) is 5.78 Å². The Morgan fingerprint density at radius 2 is 2.00 bits per heavy atom. The summed E-state index contributed by atoms with van der Waals surface area (Å²) < 4.78 is 9.40. The zero-order valence-electron chi connectivity index (χ0n) is 9.78. The maximum atomic E-state index is 11.2. The van der Waals surface area contributed by atoms with E-state index in [-0.39, 0.29) is 23.8 Å². The molecule has 0 aromatic heterocycles. The number of carbonyl (C=O) groups excluding carboxylic acids is 2. The summed E-state index contributed by atoms with van der Waals surface area (Å²) in [5.74, 6) is 1.27.